The van der Waals surface area contributed by atoms with E-state index in [1.165, 1.54) is 11.1 Å². The molecule has 1 fully saturated rings. The van der Waals surface area contributed by atoms with Gasteiger partial charge in [0.05, 0.1) is 25.1 Å². The fraction of sp³-hybridized carbons (Fsp3) is 0.421. The lowest BCUT2D eigenvalue weighted by Gasteiger charge is -2.25. The lowest BCUT2D eigenvalue weighted by atomic mass is 10.2. The summed E-state index contributed by atoms with van der Waals surface area (Å²) in [5, 5.41) is 12.8. The SMILES string of the molecule is Cc1sc2nc(CN3CCOCC3)nc(Oc3ccc(C)[n+]([O-])c3)c2c1C. The number of hydrogen-bond acceptors (Lipinski definition) is 7. The fourth-order valence-corrected chi connectivity index (χ4v) is 4.11. The lowest BCUT2D eigenvalue weighted by Crippen LogP contribution is -2.36. The molecule has 0 saturated carbocycles. The molecule has 1 aliphatic heterocycles. The van der Waals surface area contributed by atoms with E-state index in [0.29, 0.717) is 23.9 Å². The summed E-state index contributed by atoms with van der Waals surface area (Å²) in [5.41, 5.74) is 1.73. The van der Waals surface area contributed by atoms with Crippen LogP contribution in [-0.4, -0.2) is 41.2 Å². The first-order valence-corrected chi connectivity index (χ1v) is 9.77. The van der Waals surface area contributed by atoms with Gasteiger partial charge in [0, 0.05) is 31.0 Å². The summed E-state index contributed by atoms with van der Waals surface area (Å²) in [7, 11) is 0. The van der Waals surface area contributed by atoms with Gasteiger partial charge in [0.2, 0.25) is 12.1 Å². The Balaban J connectivity index is 1.72. The predicted octanol–water partition coefficient (Wildman–Crippen LogP) is 2.87. The zero-order valence-electron chi connectivity index (χ0n) is 15.7. The van der Waals surface area contributed by atoms with Gasteiger partial charge in [-0.2, -0.15) is 9.71 Å². The molecule has 4 heterocycles. The minimum atomic E-state index is 0.469. The third kappa shape index (κ3) is 3.73. The van der Waals surface area contributed by atoms with E-state index in [9.17, 15) is 5.21 Å². The molecule has 1 aliphatic rings. The Morgan fingerprint density at radius 1 is 1.22 bits per heavy atom. The normalized spacial score (nSPS) is 15.4. The molecule has 0 aliphatic carbocycles. The fourth-order valence-electron chi connectivity index (χ4n) is 3.07. The van der Waals surface area contributed by atoms with Crippen molar-refractivity contribution in [1.29, 1.82) is 0 Å². The first-order valence-electron chi connectivity index (χ1n) is 8.95. The van der Waals surface area contributed by atoms with E-state index in [2.05, 4.69) is 18.7 Å². The Morgan fingerprint density at radius 3 is 2.74 bits per heavy atom. The third-order valence-electron chi connectivity index (χ3n) is 4.81. The van der Waals surface area contributed by atoms with Crippen molar-refractivity contribution in [3.63, 3.8) is 0 Å². The summed E-state index contributed by atoms with van der Waals surface area (Å²) in [6, 6.07) is 3.52. The second-order valence-corrected chi connectivity index (χ2v) is 7.93. The molecule has 0 spiro atoms. The summed E-state index contributed by atoms with van der Waals surface area (Å²) in [6.07, 6.45) is 1.43. The second kappa shape index (κ2) is 7.38. The van der Waals surface area contributed by atoms with Crippen molar-refractivity contribution in [3.8, 4) is 11.6 Å². The van der Waals surface area contributed by atoms with E-state index in [-0.39, 0.29) is 0 Å². The maximum Gasteiger partial charge on any atom is 0.232 e. The number of aromatic nitrogens is 3. The number of pyridine rings is 1. The van der Waals surface area contributed by atoms with Crippen molar-refractivity contribution >= 4 is 21.6 Å². The van der Waals surface area contributed by atoms with Crippen molar-refractivity contribution in [1.82, 2.24) is 14.9 Å². The molecule has 1 saturated heterocycles. The number of hydrogen-bond donors (Lipinski definition) is 0. The van der Waals surface area contributed by atoms with Crippen LogP contribution in [0, 0.1) is 26.0 Å². The molecule has 8 heteroatoms. The van der Waals surface area contributed by atoms with Crippen molar-refractivity contribution in [2.75, 3.05) is 26.3 Å². The summed E-state index contributed by atoms with van der Waals surface area (Å²) in [4.78, 5) is 13.8. The molecule has 3 aromatic heterocycles. The summed E-state index contributed by atoms with van der Waals surface area (Å²) < 4.78 is 12.3. The van der Waals surface area contributed by atoms with Gasteiger partial charge in [-0.15, -0.1) is 11.3 Å². The van der Waals surface area contributed by atoms with Crippen LogP contribution in [0.3, 0.4) is 0 Å². The van der Waals surface area contributed by atoms with Crippen LogP contribution < -0.4 is 9.47 Å². The number of ether oxygens (including phenoxy) is 2. The van der Waals surface area contributed by atoms with Crippen molar-refractivity contribution in [2.45, 2.75) is 27.3 Å². The van der Waals surface area contributed by atoms with E-state index in [0.717, 1.165) is 52.6 Å². The van der Waals surface area contributed by atoms with E-state index in [4.69, 9.17) is 19.4 Å². The zero-order chi connectivity index (χ0) is 19.0. The third-order valence-corrected chi connectivity index (χ3v) is 5.91. The van der Waals surface area contributed by atoms with Gasteiger partial charge < -0.3 is 14.7 Å². The Morgan fingerprint density at radius 2 is 2.00 bits per heavy atom. The molecular weight excluding hydrogens is 364 g/mol. The maximum absolute atomic E-state index is 11.9. The van der Waals surface area contributed by atoms with Gasteiger partial charge in [-0.05, 0) is 25.5 Å². The molecule has 7 nitrogen and oxygen atoms in total. The monoisotopic (exact) mass is 386 g/mol. The molecule has 0 atom stereocenters. The molecule has 0 aromatic carbocycles. The van der Waals surface area contributed by atoms with Crippen LogP contribution in [-0.2, 0) is 11.3 Å². The molecule has 0 amide bonds. The van der Waals surface area contributed by atoms with Gasteiger partial charge in [-0.3, -0.25) is 4.90 Å². The summed E-state index contributed by atoms with van der Waals surface area (Å²) >= 11 is 1.64. The summed E-state index contributed by atoms with van der Waals surface area (Å²) in [6.45, 7) is 9.74. The van der Waals surface area contributed by atoms with Crippen molar-refractivity contribution in [2.24, 2.45) is 0 Å². The van der Waals surface area contributed by atoms with Gasteiger partial charge in [0.1, 0.15) is 10.7 Å². The number of morpholine rings is 1. The number of nitrogens with zero attached hydrogens (tertiary/aromatic N) is 4. The molecule has 0 unspecified atom stereocenters. The molecular formula is C19H22N4O3S. The number of rotatable bonds is 4. The highest BCUT2D eigenvalue weighted by Gasteiger charge is 2.19. The zero-order valence-corrected chi connectivity index (χ0v) is 16.5. The molecule has 0 N–H and O–H groups in total. The number of fused-ring (bicyclic) bond motifs is 1. The molecule has 3 aromatic rings. The topological polar surface area (TPSA) is 74.4 Å². The van der Waals surface area contributed by atoms with Crippen LogP contribution in [0.15, 0.2) is 18.3 Å². The molecule has 4 rings (SSSR count). The van der Waals surface area contributed by atoms with E-state index in [1.54, 1.807) is 30.4 Å². The molecule has 142 valence electrons. The van der Waals surface area contributed by atoms with Crippen LogP contribution in [0.1, 0.15) is 22.0 Å². The highest BCUT2D eigenvalue weighted by molar-refractivity contribution is 7.18. The Labute approximate surface area is 161 Å². The summed E-state index contributed by atoms with van der Waals surface area (Å²) in [5.74, 6) is 1.70. The van der Waals surface area contributed by atoms with Crippen LogP contribution in [0.5, 0.6) is 11.6 Å². The quantitative estimate of drug-likeness (QED) is 0.507. The average Bonchev–Trinajstić information content (AvgIpc) is 2.93. The standard InChI is InChI=1S/C19H22N4O3S/c1-12-4-5-15(10-23(12)24)26-18-17-13(2)14(3)27-19(17)21-16(20-18)11-22-6-8-25-9-7-22/h4-5,10H,6-9,11H2,1-3H3. The minimum absolute atomic E-state index is 0.469. The molecule has 27 heavy (non-hydrogen) atoms. The second-order valence-electron chi connectivity index (χ2n) is 6.73. The van der Waals surface area contributed by atoms with Gasteiger partial charge in [0.15, 0.2) is 11.4 Å². The Hall–Kier alpha value is -2.29. The van der Waals surface area contributed by atoms with Gasteiger partial charge in [-0.1, -0.05) is 0 Å². The highest BCUT2D eigenvalue weighted by atomic mass is 32.1. The molecule has 0 radical (unpaired) electrons. The van der Waals surface area contributed by atoms with Crippen molar-refractivity contribution in [3.05, 3.63) is 45.5 Å². The number of aryl methyl sites for hydroxylation is 3. The molecule has 0 bridgehead atoms. The first-order chi connectivity index (χ1) is 13.0. The number of thiophene rings is 1. The Bertz CT molecular complexity index is 983. The van der Waals surface area contributed by atoms with Gasteiger partial charge >= 0.3 is 0 Å². The maximum atomic E-state index is 11.9. The van der Waals surface area contributed by atoms with Crippen LogP contribution in [0.2, 0.25) is 0 Å². The lowest BCUT2D eigenvalue weighted by molar-refractivity contribution is -0.612. The van der Waals surface area contributed by atoms with E-state index >= 15 is 0 Å². The van der Waals surface area contributed by atoms with Crippen molar-refractivity contribution < 1.29 is 14.2 Å². The smallest absolute Gasteiger partial charge is 0.232 e. The predicted molar refractivity (Wildman–Crippen MR) is 103 cm³/mol. The van der Waals surface area contributed by atoms with Crippen LogP contribution in [0.25, 0.3) is 10.2 Å². The first kappa shape index (κ1) is 18.1. The van der Waals surface area contributed by atoms with Crippen LogP contribution >= 0.6 is 11.3 Å². The van der Waals surface area contributed by atoms with Gasteiger partial charge in [-0.25, -0.2) is 4.98 Å². The average molecular weight is 386 g/mol. The van der Waals surface area contributed by atoms with E-state index < -0.39 is 0 Å². The van der Waals surface area contributed by atoms with E-state index in [1.807, 2.05) is 0 Å². The largest absolute Gasteiger partial charge is 0.618 e. The highest BCUT2D eigenvalue weighted by Crippen LogP contribution is 2.36. The Kier molecular flexibility index (Phi) is 4.94. The van der Waals surface area contributed by atoms with Crippen LogP contribution in [0.4, 0.5) is 0 Å². The van der Waals surface area contributed by atoms with Gasteiger partial charge in [0.25, 0.3) is 0 Å². The minimum Gasteiger partial charge on any atom is -0.618 e.